The zero-order valence-electron chi connectivity index (χ0n) is 13.6. The van der Waals surface area contributed by atoms with Gasteiger partial charge in [0.15, 0.2) is 0 Å². The SMILES string of the molecule is CCCN(CCC)c1ccc(NC(=O)c2ccc(F)cc2)nc1. The Kier molecular flexibility index (Phi) is 6.09. The van der Waals surface area contributed by atoms with Crippen LogP contribution in [0.4, 0.5) is 15.9 Å². The van der Waals surface area contributed by atoms with Gasteiger partial charge in [-0.1, -0.05) is 13.8 Å². The van der Waals surface area contributed by atoms with Crippen LogP contribution in [0.3, 0.4) is 0 Å². The molecule has 1 aromatic carbocycles. The van der Waals surface area contributed by atoms with Gasteiger partial charge in [-0.3, -0.25) is 4.79 Å². The predicted octanol–water partition coefficient (Wildman–Crippen LogP) is 4.10. The van der Waals surface area contributed by atoms with Crippen molar-refractivity contribution in [1.82, 2.24) is 4.98 Å². The highest BCUT2D eigenvalue weighted by atomic mass is 19.1. The van der Waals surface area contributed by atoms with E-state index in [2.05, 4.69) is 29.0 Å². The lowest BCUT2D eigenvalue weighted by atomic mass is 10.2. The molecule has 0 saturated heterocycles. The van der Waals surface area contributed by atoms with Crippen molar-refractivity contribution >= 4 is 17.4 Å². The molecule has 0 aliphatic heterocycles. The normalized spacial score (nSPS) is 10.4. The quantitative estimate of drug-likeness (QED) is 0.836. The molecule has 0 aliphatic rings. The van der Waals surface area contributed by atoms with Gasteiger partial charge in [-0.2, -0.15) is 0 Å². The van der Waals surface area contributed by atoms with Crippen LogP contribution in [-0.2, 0) is 0 Å². The predicted molar refractivity (Wildman–Crippen MR) is 91.4 cm³/mol. The number of hydrogen-bond acceptors (Lipinski definition) is 3. The lowest BCUT2D eigenvalue weighted by molar-refractivity contribution is 0.102. The minimum Gasteiger partial charge on any atom is -0.370 e. The number of hydrogen-bond donors (Lipinski definition) is 1. The van der Waals surface area contributed by atoms with Crippen LogP contribution in [-0.4, -0.2) is 24.0 Å². The van der Waals surface area contributed by atoms with Crippen molar-refractivity contribution in [3.63, 3.8) is 0 Å². The molecule has 0 bridgehead atoms. The topological polar surface area (TPSA) is 45.2 Å². The second kappa shape index (κ2) is 8.27. The minimum absolute atomic E-state index is 0.302. The molecule has 122 valence electrons. The van der Waals surface area contributed by atoms with Gasteiger partial charge in [-0.05, 0) is 49.2 Å². The molecular weight excluding hydrogens is 293 g/mol. The fourth-order valence-electron chi connectivity index (χ4n) is 2.35. The summed E-state index contributed by atoms with van der Waals surface area (Å²) in [6, 6.07) is 9.16. The van der Waals surface area contributed by atoms with Crippen LogP contribution < -0.4 is 10.2 Å². The lowest BCUT2D eigenvalue weighted by Crippen LogP contribution is -2.25. The van der Waals surface area contributed by atoms with Crippen molar-refractivity contribution in [3.05, 3.63) is 54.0 Å². The Bertz CT molecular complexity index is 620. The van der Waals surface area contributed by atoms with Crippen LogP contribution >= 0.6 is 0 Å². The average Bonchev–Trinajstić information content (AvgIpc) is 2.56. The van der Waals surface area contributed by atoms with Gasteiger partial charge >= 0.3 is 0 Å². The first-order valence-electron chi connectivity index (χ1n) is 7.92. The third-order valence-corrected chi connectivity index (χ3v) is 3.45. The van der Waals surface area contributed by atoms with E-state index in [1.807, 2.05) is 6.07 Å². The number of amides is 1. The Labute approximate surface area is 136 Å². The molecule has 0 spiro atoms. The monoisotopic (exact) mass is 315 g/mol. The van der Waals surface area contributed by atoms with Gasteiger partial charge < -0.3 is 10.2 Å². The van der Waals surface area contributed by atoms with Crippen LogP contribution in [0.1, 0.15) is 37.0 Å². The lowest BCUT2D eigenvalue weighted by Gasteiger charge is -2.23. The van der Waals surface area contributed by atoms with Gasteiger partial charge in [-0.15, -0.1) is 0 Å². The first kappa shape index (κ1) is 16.9. The molecule has 5 heteroatoms. The van der Waals surface area contributed by atoms with Crippen molar-refractivity contribution in [2.45, 2.75) is 26.7 Å². The van der Waals surface area contributed by atoms with Crippen LogP contribution in [0.5, 0.6) is 0 Å². The second-order valence-electron chi connectivity index (χ2n) is 5.35. The van der Waals surface area contributed by atoms with E-state index in [0.717, 1.165) is 31.6 Å². The number of carbonyl (C=O) groups excluding carboxylic acids is 1. The van der Waals surface area contributed by atoms with Crippen LogP contribution in [0.25, 0.3) is 0 Å². The maximum Gasteiger partial charge on any atom is 0.256 e. The van der Waals surface area contributed by atoms with Gasteiger partial charge in [-0.25, -0.2) is 9.37 Å². The summed E-state index contributed by atoms with van der Waals surface area (Å²) in [5, 5.41) is 2.72. The molecule has 2 rings (SSSR count). The van der Waals surface area contributed by atoms with Crippen molar-refractivity contribution in [1.29, 1.82) is 0 Å². The fraction of sp³-hybridized carbons (Fsp3) is 0.333. The molecule has 1 amide bonds. The minimum atomic E-state index is -0.365. The van der Waals surface area contributed by atoms with E-state index >= 15 is 0 Å². The van der Waals surface area contributed by atoms with Crippen LogP contribution in [0.2, 0.25) is 0 Å². The molecular formula is C18H22FN3O. The number of nitrogens with zero attached hydrogens (tertiary/aromatic N) is 2. The summed E-state index contributed by atoms with van der Waals surface area (Å²) in [7, 11) is 0. The molecule has 0 fully saturated rings. The van der Waals surface area contributed by atoms with Crippen molar-refractivity contribution < 1.29 is 9.18 Å². The third-order valence-electron chi connectivity index (χ3n) is 3.45. The zero-order chi connectivity index (χ0) is 16.7. The molecule has 4 nitrogen and oxygen atoms in total. The third kappa shape index (κ3) is 4.77. The number of pyridine rings is 1. The number of benzene rings is 1. The zero-order valence-corrected chi connectivity index (χ0v) is 13.6. The van der Waals surface area contributed by atoms with Crippen molar-refractivity contribution in [2.75, 3.05) is 23.3 Å². The fourth-order valence-corrected chi connectivity index (χ4v) is 2.35. The summed E-state index contributed by atoms with van der Waals surface area (Å²) in [5.41, 5.74) is 1.45. The van der Waals surface area contributed by atoms with Gasteiger partial charge in [0.1, 0.15) is 11.6 Å². The van der Waals surface area contributed by atoms with Crippen molar-refractivity contribution in [2.24, 2.45) is 0 Å². The molecule has 0 saturated carbocycles. The maximum absolute atomic E-state index is 12.9. The van der Waals surface area contributed by atoms with Gasteiger partial charge in [0, 0.05) is 18.7 Å². The largest absolute Gasteiger partial charge is 0.370 e. The molecule has 0 radical (unpaired) electrons. The first-order valence-corrected chi connectivity index (χ1v) is 7.92. The summed E-state index contributed by atoms with van der Waals surface area (Å²) in [4.78, 5) is 18.6. The smallest absolute Gasteiger partial charge is 0.256 e. The van der Waals surface area contributed by atoms with E-state index in [4.69, 9.17) is 0 Å². The molecule has 1 N–H and O–H groups in total. The molecule has 0 unspecified atom stereocenters. The highest BCUT2D eigenvalue weighted by molar-refractivity contribution is 6.03. The molecule has 1 aromatic heterocycles. The summed E-state index contributed by atoms with van der Waals surface area (Å²) < 4.78 is 12.9. The van der Waals surface area contributed by atoms with Crippen molar-refractivity contribution in [3.8, 4) is 0 Å². The number of nitrogens with one attached hydrogen (secondary N) is 1. The number of aromatic nitrogens is 1. The molecule has 2 aromatic rings. The Balaban J connectivity index is 2.04. The summed E-state index contributed by atoms with van der Waals surface area (Å²) in [6.45, 7) is 6.26. The van der Waals surface area contributed by atoms with E-state index in [1.54, 1.807) is 12.3 Å². The Morgan fingerprint density at radius 2 is 1.74 bits per heavy atom. The van der Waals surface area contributed by atoms with Gasteiger partial charge in [0.25, 0.3) is 5.91 Å². The number of rotatable bonds is 7. The van der Waals surface area contributed by atoms with E-state index in [9.17, 15) is 9.18 Å². The average molecular weight is 315 g/mol. The molecule has 23 heavy (non-hydrogen) atoms. The Morgan fingerprint density at radius 1 is 1.09 bits per heavy atom. The highest BCUT2D eigenvalue weighted by Gasteiger charge is 2.08. The van der Waals surface area contributed by atoms with Gasteiger partial charge in [0.05, 0.1) is 11.9 Å². The molecule has 0 aliphatic carbocycles. The number of anilines is 2. The van der Waals surface area contributed by atoms with Crippen LogP contribution in [0.15, 0.2) is 42.6 Å². The second-order valence-corrected chi connectivity index (χ2v) is 5.35. The molecule has 0 atom stereocenters. The number of carbonyl (C=O) groups is 1. The van der Waals surface area contributed by atoms with Gasteiger partial charge in [0.2, 0.25) is 0 Å². The Hall–Kier alpha value is -2.43. The maximum atomic E-state index is 12.9. The van der Waals surface area contributed by atoms with E-state index < -0.39 is 0 Å². The summed E-state index contributed by atoms with van der Waals surface area (Å²) in [6.07, 6.45) is 3.91. The summed E-state index contributed by atoms with van der Waals surface area (Å²) >= 11 is 0. The summed E-state index contributed by atoms with van der Waals surface area (Å²) in [5.74, 6) is -0.184. The first-order chi connectivity index (χ1) is 11.1. The van der Waals surface area contributed by atoms with E-state index in [1.165, 1.54) is 24.3 Å². The van der Waals surface area contributed by atoms with E-state index in [-0.39, 0.29) is 11.7 Å². The van der Waals surface area contributed by atoms with Crippen LogP contribution in [0, 0.1) is 5.82 Å². The standard InChI is InChI=1S/C18H22FN3O/c1-3-11-22(12-4-2)16-9-10-17(20-13-16)21-18(23)14-5-7-15(19)8-6-14/h5-10,13H,3-4,11-12H2,1-2H3,(H,20,21,23). The highest BCUT2D eigenvalue weighted by Crippen LogP contribution is 2.16. The Morgan fingerprint density at radius 3 is 2.26 bits per heavy atom. The molecule has 1 heterocycles. The van der Waals surface area contributed by atoms with E-state index in [0.29, 0.717) is 11.4 Å². The number of halogens is 1.